The topological polar surface area (TPSA) is 32.7 Å². The molecule has 1 unspecified atom stereocenters. The molecule has 0 radical (unpaired) electrons. The quantitative estimate of drug-likeness (QED) is 0.394. The van der Waals surface area contributed by atoms with E-state index in [4.69, 9.17) is 0 Å². The fourth-order valence-electron chi connectivity index (χ4n) is 2.21. The average Bonchev–Trinajstić information content (AvgIpc) is 2.66. The predicted molar refractivity (Wildman–Crippen MR) is 61.6 cm³/mol. The van der Waals surface area contributed by atoms with Gasteiger partial charge in [-0.25, -0.2) is 9.79 Å². The van der Waals surface area contributed by atoms with E-state index in [0.717, 1.165) is 6.42 Å². The minimum atomic E-state index is 0.470. The number of hydrogen-bond acceptors (Lipinski definition) is 3. The molecule has 0 bridgehead atoms. The lowest BCUT2D eigenvalue weighted by Gasteiger charge is -2.27. The molecule has 15 heavy (non-hydrogen) atoms. The molecule has 3 nitrogen and oxygen atoms in total. The van der Waals surface area contributed by atoms with Crippen molar-refractivity contribution in [2.24, 2.45) is 4.99 Å². The van der Waals surface area contributed by atoms with Crippen molar-refractivity contribution in [1.82, 2.24) is 4.90 Å². The maximum Gasteiger partial charge on any atom is 0.235 e. The van der Waals surface area contributed by atoms with Gasteiger partial charge < -0.3 is 0 Å². The van der Waals surface area contributed by atoms with Gasteiger partial charge in [0, 0.05) is 12.1 Å². The number of nitrogens with zero attached hydrogens (tertiary/aromatic N) is 2. The van der Waals surface area contributed by atoms with Gasteiger partial charge in [-0.3, -0.25) is 4.90 Å². The second kappa shape index (κ2) is 6.54. The Hall–Kier alpha value is -0.920. The third-order valence-corrected chi connectivity index (χ3v) is 2.92. The third-order valence-electron chi connectivity index (χ3n) is 2.92. The van der Waals surface area contributed by atoms with Crippen LogP contribution >= 0.6 is 0 Å². The van der Waals surface area contributed by atoms with Crippen LogP contribution in [0, 0.1) is 0 Å². The van der Waals surface area contributed by atoms with Crippen LogP contribution in [0.3, 0.4) is 0 Å². The van der Waals surface area contributed by atoms with Crippen LogP contribution in [-0.4, -0.2) is 36.2 Å². The molecule has 1 rings (SSSR count). The highest BCUT2D eigenvalue weighted by molar-refractivity contribution is 5.33. The number of hydrogen-bond donors (Lipinski definition) is 0. The first-order valence-corrected chi connectivity index (χ1v) is 5.70. The van der Waals surface area contributed by atoms with Crippen LogP contribution in [0.2, 0.25) is 0 Å². The van der Waals surface area contributed by atoms with E-state index in [2.05, 4.69) is 29.8 Å². The van der Waals surface area contributed by atoms with Gasteiger partial charge in [0.1, 0.15) is 0 Å². The largest absolute Gasteiger partial charge is 0.298 e. The van der Waals surface area contributed by atoms with E-state index >= 15 is 0 Å². The zero-order chi connectivity index (χ0) is 11.1. The number of rotatable bonds is 5. The SMILES string of the molecule is CC(C)N1CCCC1C/C=C\CN=C=O. The standard InChI is InChI=1S/C12H20N2O/c1-11(2)14-9-5-7-12(14)6-3-4-8-13-10-15/h3-4,11-12H,5-9H2,1-2H3/b4-3-. The van der Waals surface area contributed by atoms with Crippen molar-refractivity contribution in [3.05, 3.63) is 12.2 Å². The van der Waals surface area contributed by atoms with Gasteiger partial charge in [0.15, 0.2) is 0 Å². The van der Waals surface area contributed by atoms with E-state index in [1.54, 1.807) is 0 Å². The molecule has 0 aromatic rings. The van der Waals surface area contributed by atoms with Gasteiger partial charge in [0.25, 0.3) is 0 Å². The minimum Gasteiger partial charge on any atom is -0.298 e. The lowest BCUT2D eigenvalue weighted by Crippen LogP contribution is -2.35. The Bertz CT molecular complexity index is 254. The molecule has 0 N–H and O–H groups in total. The zero-order valence-corrected chi connectivity index (χ0v) is 9.65. The van der Waals surface area contributed by atoms with Crippen LogP contribution in [-0.2, 0) is 4.79 Å². The summed E-state index contributed by atoms with van der Waals surface area (Å²) in [7, 11) is 0. The maximum absolute atomic E-state index is 9.83. The van der Waals surface area contributed by atoms with Gasteiger partial charge >= 0.3 is 0 Å². The molecule has 1 aliphatic rings. The molecule has 0 aromatic heterocycles. The molecular weight excluding hydrogens is 188 g/mol. The Morgan fingerprint density at radius 1 is 1.53 bits per heavy atom. The Labute approximate surface area is 91.9 Å². The van der Waals surface area contributed by atoms with E-state index < -0.39 is 0 Å². The van der Waals surface area contributed by atoms with E-state index in [0.29, 0.717) is 18.6 Å². The van der Waals surface area contributed by atoms with Crippen molar-refractivity contribution >= 4 is 6.08 Å². The summed E-state index contributed by atoms with van der Waals surface area (Å²) in [5.41, 5.74) is 0. The monoisotopic (exact) mass is 208 g/mol. The number of likely N-dealkylation sites (tertiary alicyclic amines) is 1. The van der Waals surface area contributed by atoms with Crippen molar-refractivity contribution in [2.75, 3.05) is 13.1 Å². The molecule has 1 saturated heterocycles. The lowest BCUT2D eigenvalue weighted by atomic mass is 10.1. The highest BCUT2D eigenvalue weighted by Crippen LogP contribution is 2.22. The Morgan fingerprint density at radius 3 is 3.00 bits per heavy atom. The summed E-state index contributed by atoms with van der Waals surface area (Å²) in [5, 5.41) is 0. The van der Waals surface area contributed by atoms with Gasteiger partial charge in [-0.15, -0.1) is 0 Å². The second-order valence-electron chi connectivity index (χ2n) is 4.27. The minimum absolute atomic E-state index is 0.470. The Morgan fingerprint density at radius 2 is 2.33 bits per heavy atom. The van der Waals surface area contributed by atoms with Crippen molar-refractivity contribution in [3.63, 3.8) is 0 Å². The fourth-order valence-corrected chi connectivity index (χ4v) is 2.21. The molecule has 0 saturated carbocycles. The van der Waals surface area contributed by atoms with E-state index in [1.807, 2.05) is 6.08 Å². The van der Waals surface area contributed by atoms with E-state index in [1.165, 1.54) is 25.5 Å². The van der Waals surface area contributed by atoms with Gasteiger partial charge in [-0.1, -0.05) is 12.2 Å². The first-order valence-electron chi connectivity index (χ1n) is 5.70. The second-order valence-corrected chi connectivity index (χ2v) is 4.27. The van der Waals surface area contributed by atoms with E-state index in [-0.39, 0.29) is 0 Å². The highest BCUT2D eigenvalue weighted by atomic mass is 16.1. The molecule has 1 atom stereocenters. The molecule has 0 amide bonds. The third kappa shape index (κ3) is 3.98. The number of carbonyl (C=O) groups excluding carboxylic acids is 1. The summed E-state index contributed by atoms with van der Waals surface area (Å²) in [6.45, 7) is 6.19. The Balaban J connectivity index is 2.31. The molecule has 1 aliphatic heterocycles. The van der Waals surface area contributed by atoms with Crippen LogP contribution < -0.4 is 0 Å². The zero-order valence-electron chi connectivity index (χ0n) is 9.65. The first-order chi connectivity index (χ1) is 7.25. The summed E-state index contributed by atoms with van der Waals surface area (Å²) < 4.78 is 0. The van der Waals surface area contributed by atoms with Crippen LogP contribution in [0.15, 0.2) is 17.1 Å². The smallest absolute Gasteiger partial charge is 0.235 e. The van der Waals surface area contributed by atoms with E-state index in [9.17, 15) is 4.79 Å². The van der Waals surface area contributed by atoms with Gasteiger partial charge in [0.2, 0.25) is 6.08 Å². The summed E-state index contributed by atoms with van der Waals surface area (Å²) in [5.74, 6) is 0. The summed E-state index contributed by atoms with van der Waals surface area (Å²) in [6.07, 6.45) is 9.29. The molecule has 84 valence electrons. The van der Waals surface area contributed by atoms with Gasteiger partial charge in [-0.05, 0) is 39.7 Å². The summed E-state index contributed by atoms with van der Waals surface area (Å²) >= 11 is 0. The molecule has 3 heteroatoms. The molecule has 0 aliphatic carbocycles. The first kappa shape index (κ1) is 12.2. The van der Waals surface area contributed by atoms with Crippen molar-refractivity contribution < 1.29 is 4.79 Å². The van der Waals surface area contributed by atoms with Gasteiger partial charge in [-0.2, -0.15) is 0 Å². The fraction of sp³-hybridized carbons (Fsp3) is 0.750. The van der Waals surface area contributed by atoms with Crippen molar-refractivity contribution in [2.45, 2.75) is 45.2 Å². The van der Waals surface area contributed by atoms with Crippen molar-refractivity contribution in [1.29, 1.82) is 0 Å². The summed E-state index contributed by atoms with van der Waals surface area (Å²) in [4.78, 5) is 15.9. The summed E-state index contributed by atoms with van der Waals surface area (Å²) in [6, 6.07) is 1.32. The highest BCUT2D eigenvalue weighted by Gasteiger charge is 2.24. The molecule has 0 spiro atoms. The van der Waals surface area contributed by atoms with Crippen LogP contribution in [0.25, 0.3) is 0 Å². The normalized spacial score (nSPS) is 22.5. The molecular formula is C12H20N2O. The molecule has 1 heterocycles. The lowest BCUT2D eigenvalue weighted by molar-refractivity contribution is 0.205. The average molecular weight is 208 g/mol. The predicted octanol–water partition coefficient (Wildman–Crippen LogP) is 2.14. The Kier molecular flexibility index (Phi) is 5.30. The van der Waals surface area contributed by atoms with Crippen LogP contribution in [0.4, 0.5) is 0 Å². The molecule has 1 fully saturated rings. The van der Waals surface area contributed by atoms with Crippen LogP contribution in [0.5, 0.6) is 0 Å². The molecule has 0 aromatic carbocycles. The van der Waals surface area contributed by atoms with Crippen LogP contribution in [0.1, 0.15) is 33.1 Å². The van der Waals surface area contributed by atoms with Gasteiger partial charge in [0.05, 0.1) is 6.54 Å². The van der Waals surface area contributed by atoms with Crippen molar-refractivity contribution in [3.8, 4) is 0 Å². The maximum atomic E-state index is 9.83. The number of isocyanates is 1. The number of aliphatic imine (C=N–C) groups is 1.